The van der Waals surface area contributed by atoms with Gasteiger partial charge in [0.05, 0.1) is 0 Å². The molecular weight excluding hydrogens is 255 g/mol. The van der Waals surface area contributed by atoms with Gasteiger partial charge in [-0.05, 0) is 16.1 Å². The highest BCUT2D eigenvalue weighted by Crippen LogP contribution is 2.07. The number of halogens is 1. The van der Waals surface area contributed by atoms with Crippen molar-refractivity contribution < 1.29 is 9.90 Å². The van der Waals surface area contributed by atoms with Gasteiger partial charge in [-0.1, -0.05) is 42.0 Å². The third kappa shape index (κ3) is 6.09. The zero-order chi connectivity index (χ0) is 8.69. The van der Waals surface area contributed by atoms with Crippen LogP contribution in [0.1, 0.15) is 19.8 Å². The molecule has 11 heavy (non-hydrogen) atoms. The summed E-state index contributed by atoms with van der Waals surface area (Å²) < 4.78 is 1.82. The molecule has 2 nitrogen and oxygen atoms in total. The lowest BCUT2D eigenvalue weighted by molar-refractivity contribution is -0.131. The summed E-state index contributed by atoms with van der Waals surface area (Å²) in [4.78, 5) is 10.2. The molecule has 0 aromatic carbocycles. The summed E-state index contributed by atoms with van der Waals surface area (Å²) in [6.07, 6.45) is 4.86. The van der Waals surface area contributed by atoms with Crippen molar-refractivity contribution in [1.82, 2.24) is 0 Å². The van der Waals surface area contributed by atoms with Crippen LogP contribution in [0.25, 0.3) is 0 Å². The topological polar surface area (TPSA) is 37.3 Å². The first-order chi connectivity index (χ1) is 5.20. The van der Waals surface area contributed by atoms with Crippen LogP contribution in [0.5, 0.6) is 0 Å². The van der Waals surface area contributed by atoms with Gasteiger partial charge in [-0.2, -0.15) is 0 Å². The minimum Gasteiger partial charge on any atom is -0.478 e. The van der Waals surface area contributed by atoms with Gasteiger partial charge in [-0.25, -0.2) is 4.79 Å². The van der Waals surface area contributed by atoms with Gasteiger partial charge in [0.2, 0.25) is 0 Å². The first kappa shape index (κ1) is 10.7. The fraction of sp³-hybridized carbons (Fsp3) is 0.375. The predicted octanol–water partition coefficient (Wildman–Crippen LogP) is 2.75. The molecule has 0 atom stereocenters. The maximum Gasteiger partial charge on any atom is 0.328 e. The minimum absolute atomic E-state index is 0.825. The number of carbonyl (C=O) groups is 1. The number of aliphatic carboxylic acids is 1. The van der Waals surface area contributed by atoms with Crippen LogP contribution < -0.4 is 0 Å². The van der Waals surface area contributed by atoms with Crippen LogP contribution in [0.4, 0.5) is 0 Å². The third-order valence-electron chi connectivity index (χ3n) is 1.12. The van der Waals surface area contributed by atoms with Gasteiger partial charge in [0.25, 0.3) is 0 Å². The molecule has 0 heterocycles. The first-order valence-corrected chi connectivity index (χ1v) is 4.65. The summed E-state index contributed by atoms with van der Waals surface area (Å²) >= 11 is 2.07. The Bertz CT molecular complexity index is 183. The van der Waals surface area contributed by atoms with Crippen molar-refractivity contribution in [2.75, 3.05) is 0 Å². The Morgan fingerprint density at radius 1 is 1.64 bits per heavy atom. The molecule has 0 aliphatic carbocycles. The van der Waals surface area contributed by atoms with E-state index in [0.29, 0.717) is 0 Å². The number of rotatable bonds is 4. The average molecular weight is 266 g/mol. The van der Waals surface area contributed by atoms with Gasteiger partial charge in [-0.15, -0.1) is 0 Å². The standard InChI is InChI=1S/C8H11IO2/c1-2-3-7(4-5-9)6-8(10)11/h4-6H,2-3H2,1H3,(H,10,11)/b5-4+,7-6-. The molecule has 0 radical (unpaired) electrons. The lowest BCUT2D eigenvalue weighted by Crippen LogP contribution is -1.90. The summed E-state index contributed by atoms with van der Waals surface area (Å²) in [6.45, 7) is 2.02. The quantitative estimate of drug-likeness (QED) is 0.482. The van der Waals surface area contributed by atoms with E-state index in [1.165, 1.54) is 6.08 Å². The fourth-order valence-corrected chi connectivity index (χ4v) is 1.19. The van der Waals surface area contributed by atoms with Crippen molar-refractivity contribution >= 4 is 28.6 Å². The molecule has 0 aromatic heterocycles. The Balaban J connectivity index is 4.19. The van der Waals surface area contributed by atoms with Crippen molar-refractivity contribution in [2.45, 2.75) is 19.8 Å². The molecular formula is C8H11IO2. The summed E-state index contributed by atoms with van der Waals surface area (Å²) in [7, 11) is 0. The number of carboxylic acid groups (broad SMARTS) is 1. The van der Waals surface area contributed by atoms with Gasteiger partial charge < -0.3 is 5.11 Å². The molecule has 0 saturated carbocycles. The first-order valence-electron chi connectivity index (χ1n) is 3.41. The van der Waals surface area contributed by atoms with Crippen LogP contribution >= 0.6 is 22.6 Å². The van der Waals surface area contributed by atoms with Crippen LogP contribution in [0, 0.1) is 0 Å². The van der Waals surface area contributed by atoms with E-state index >= 15 is 0 Å². The average Bonchev–Trinajstić information content (AvgIpc) is 1.87. The number of allylic oxidation sites excluding steroid dienone is 2. The molecule has 0 saturated heterocycles. The van der Waals surface area contributed by atoms with Crippen molar-refractivity contribution in [1.29, 1.82) is 0 Å². The largest absolute Gasteiger partial charge is 0.478 e. The van der Waals surface area contributed by atoms with Crippen molar-refractivity contribution in [2.24, 2.45) is 0 Å². The Kier molecular flexibility index (Phi) is 6.21. The van der Waals surface area contributed by atoms with Crippen LogP contribution in [0.2, 0.25) is 0 Å². The zero-order valence-electron chi connectivity index (χ0n) is 6.38. The Labute approximate surface area is 80.1 Å². The Hall–Kier alpha value is -0.320. The zero-order valence-corrected chi connectivity index (χ0v) is 8.54. The minimum atomic E-state index is -0.872. The lowest BCUT2D eigenvalue weighted by atomic mass is 10.1. The summed E-state index contributed by atoms with van der Waals surface area (Å²) in [5, 5.41) is 8.42. The maximum absolute atomic E-state index is 10.2. The number of hydrogen-bond donors (Lipinski definition) is 1. The molecule has 0 amide bonds. The van der Waals surface area contributed by atoms with Gasteiger partial charge in [-0.3, -0.25) is 0 Å². The number of carboxylic acids is 1. The van der Waals surface area contributed by atoms with Crippen LogP contribution in [0.15, 0.2) is 21.8 Å². The highest BCUT2D eigenvalue weighted by Gasteiger charge is 1.94. The molecule has 0 aliphatic heterocycles. The monoisotopic (exact) mass is 266 g/mol. The van der Waals surface area contributed by atoms with E-state index in [1.807, 2.05) is 17.1 Å². The fourth-order valence-electron chi connectivity index (χ4n) is 0.732. The van der Waals surface area contributed by atoms with Gasteiger partial charge in [0.1, 0.15) is 0 Å². The van der Waals surface area contributed by atoms with Crippen molar-refractivity contribution in [3.05, 3.63) is 21.8 Å². The molecule has 3 heteroatoms. The van der Waals surface area contributed by atoms with E-state index in [9.17, 15) is 4.79 Å². The summed E-state index contributed by atoms with van der Waals surface area (Å²) in [5.41, 5.74) is 0.870. The van der Waals surface area contributed by atoms with Crippen LogP contribution in [-0.2, 0) is 4.79 Å². The predicted molar refractivity (Wildman–Crippen MR) is 53.8 cm³/mol. The maximum atomic E-state index is 10.2. The van der Waals surface area contributed by atoms with Gasteiger partial charge >= 0.3 is 5.97 Å². The molecule has 0 fully saturated rings. The SMILES string of the molecule is CCCC(=C/C(=O)O)/C=C/I. The molecule has 0 rings (SSSR count). The molecule has 62 valence electrons. The van der Waals surface area contributed by atoms with Gasteiger partial charge in [0.15, 0.2) is 0 Å². The molecule has 0 spiro atoms. The molecule has 0 aliphatic rings. The van der Waals surface area contributed by atoms with E-state index < -0.39 is 5.97 Å². The van der Waals surface area contributed by atoms with Crippen LogP contribution in [-0.4, -0.2) is 11.1 Å². The summed E-state index contributed by atoms with van der Waals surface area (Å²) in [5.74, 6) is -0.872. The normalized spacial score (nSPS) is 12.4. The smallest absolute Gasteiger partial charge is 0.328 e. The van der Waals surface area contributed by atoms with E-state index in [1.54, 1.807) is 0 Å². The molecule has 0 unspecified atom stereocenters. The Morgan fingerprint density at radius 3 is 2.64 bits per heavy atom. The van der Waals surface area contributed by atoms with Crippen molar-refractivity contribution in [3.63, 3.8) is 0 Å². The lowest BCUT2D eigenvalue weighted by Gasteiger charge is -1.95. The van der Waals surface area contributed by atoms with Crippen LogP contribution in [0.3, 0.4) is 0 Å². The van der Waals surface area contributed by atoms with Gasteiger partial charge in [0, 0.05) is 6.08 Å². The van der Waals surface area contributed by atoms with Crippen molar-refractivity contribution in [3.8, 4) is 0 Å². The third-order valence-corrected chi connectivity index (χ3v) is 1.48. The second-order valence-electron chi connectivity index (χ2n) is 2.10. The van der Waals surface area contributed by atoms with E-state index in [2.05, 4.69) is 22.6 Å². The van der Waals surface area contributed by atoms with E-state index in [-0.39, 0.29) is 0 Å². The van der Waals surface area contributed by atoms with E-state index in [4.69, 9.17) is 5.11 Å². The second kappa shape index (κ2) is 6.39. The number of hydrogen-bond acceptors (Lipinski definition) is 1. The molecule has 0 aromatic rings. The molecule has 1 N–H and O–H groups in total. The molecule has 0 bridgehead atoms. The Morgan fingerprint density at radius 2 is 2.27 bits per heavy atom. The highest BCUT2D eigenvalue weighted by molar-refractivity contribution is 14.1. The highest BCUT2D eigenvalue weighted by atomic mass is 127. The van der Waals surface area contributed by atoms with E-state index in [0.717, 1.165) is 18.4 Å². The summed E-state index contributed by atoms with van der Waals surface area (Å²) in [6, 6.07) is 0. The second-order valence-corrected chi connectivity index (χ2v) is 2.82.